The maximum absolute atomic E-state index is 13.9. The summed E-state index contributed by atoms with van der Waals surface area (Å²) in [6.45, 7) is 5.13. The van der Waals surface area contributed by atoms with Gasteiger partial charge >= 0.3 is 0 Å². The molecule has 2 heterocycles. The average molecular weight is 299 g/mol. The zero-order valence-corrected chi connectivity index (χ0v) is 12.9. The number of nitrogens with zero attached hydrogens (tertiary/aromatic N) is 4. The van der Waals surface area contributed by atoms with Gasteiger partial charge in [0.05, 0.1) is 0 Å². The lowest BCUT2D eigenvalue weighted by Crippen LogP contribution is -2.48. The highest BCUT2D eigenvalue weighted by Gasteiger charge is 2.22. The summed E-state index contributed by atoms with van der Waals surface area (Å²) in [5.74, 6) is -0.953. The molecule has 5 nitrogen and oxygen atoms in total. The molecule has 0 bridgehead atoms. The molecule has 7 heteroatoms. The number of rotatable bonds is 5. The fourth-order valence-corrected chi connectivity index (χ4v) is 2.38. The molecule has 0 aromatic carbocycles. The van der Waals surface area contributed by atoms with Crippen molar-refractivity contribution in [2.24, 2.45) is 0 Å². The number of halogens is 2. The van der Waals surface area contributed by atoms with E-state index in [1.54, 1.807) is 7.05 Å². The molecule has 118 valence electrons. The minimum atomic E-state index is -0.664. The number of anilines is 2. The van der Waals surface area contributed by atoms with Gasteiger partial charge < -0.3 is 15.1 Å². The van der Waals surface area contributed by atoms with Gasteiger partial charge in [-0.2, -0.15) is 0 Å². The van der Waals surface area contributed by atoms with Crippen molar-refractivity contribution in [3.05, 3.63) is 17.7 Å². The van der Waals surface area contributed by atoms with Crippen LogP contribution in [-0.2, 0) is 0 Å². The van der Waals surface area contributed by atoms with Crippen LogP contribution in [0.4, 0.5) is 20.4 Å². The molecule has 0 radical (unpaired) electrons. The first kappa shape index (κ1) is 15.9. The van der Waals surface area contributed by atoms with Crippen LogP contribution in [0.2, 0.25) is 0 Å². The van der Waals surface area contributed by atoms with Crippen LogP contribution in [-0.4, -0.2) is 75.2 Å². The van der Waals surface area contributed by atoms with E-state index in [0.29, 0.717) is 13.1 Å². The number of pyridine rings is 1. The highest BCUT2D eigenvalue weighted by Crippen LogP contribution is 2.23. The predicted octanol–water partition coefficient (Wildman–Crippen LogP) is 1.09. The summed E-state index contributed by atoms with van der Waals surface area (Å²) in [5, 5.41) is 2.65. The Morgan fingerprint density at radius 2 is 1.86 bits per heavy atom. The molecule has 1 saturated heterocycles. The molecule has 1 N–H and O–H groups in total. The number of aromatic nitrogens is 1. The van der Waals surface area contributed by atoms with Crippen LogP contribution in [0.3, 0.4) is 0 Å². The van der Waals surface area contributed by atoms with Gasteiger partial charge in [-0.25, -0.2) is 13.8 Å². The van der Waals surface area contributed by atoms with Gasteiger partial charge in [0.25, 0.3) is 0 Å². The van der Waals surface area contributed by atoms with Crippen molar-refractivity contribution in [2.45, 2.75) is 0 Å². The number of hydrogen-bond donors (Lipinski definition) is 1. The standard InChI is InChI=1S/C14H23F2N5/c1-17-13-11(15)10-12(16)14(18-13)21-8-6-20(7-9-21)5-4-19(2)3/h10H,4-9H2,1-3H3,(H,17,18). The predicted molar refractivity (Wildman–Crippen MR) is 80.9 cm³/mol. The van der Waals surface area contributed by atoms with Crippen LogP contribution in [0.1, 0.15) is 0 Å². The highest BCUT2D eigenvalue weighted by molar-refractivity contribution is 5.49. The summed E-state index contributed by atoms with van der Waals surface area (Å²) in [7, 11) is 5.67. The third-order valence-electron chi connectivity index (χ3n) is 3.68. The Hall–Kier alpha value is -1.47. The summed E-state index contributed by atoms with van der Waals surface area (Å²) in [5.41, 5.74) is 0. The van der Waals surface area contributed by atoms with Crippen LogP contribution in [0.25, 0.3) is 0 Å². The molecule has 1 aromatic rings. The van der Waals surface area contributed by atoms with Crippen molar-refractivity contribution in [1.82, 2.24) is 14.8 Å². The van der Waals surface area contributed by atoms with Gasteiger partial charge in [0.2, 0.25) is 0 Å². The summed E-state index contributed by atoms with van der Waals surface area (Å²) >= 11 is 0. The average Bonchev–Trinajstić information content (AvgIpc) is 2.46. The van der Waals surface area contributed by atoms with Crippen LogP contribution >= 0.6 is 0 Å². The first-order chi connectivity index (χ1) is 10.0. The maximum Gasteiger partial charge on any atom is 0.168 e. The quantitative estimate of drug-likeness (QED) is 0.880. The van der Waals surface area contributed by atoms with E-state index >= 15 is 0 Å². The van der Waals surface area contributed by atoms with Gasteiger partial charge in [0.1, 0.15) is 0 Å². The van der Waals surface area contributed by atoms with Crippen molar-refractivity contribution in [3.63, 3.8) is 0 Å². The zero-order valence-electron chi connectivity index (χ0n) is 12.9. The lowest BCUT2D eigenvalue weighted by atomic mass is 10.3. The van der Waals surface area contributed by atoms with Crippen molar-refractivity contribution in [2.75, 3.05) is 70.6 Å². The van der Waals surface area contributed by atoms with E-state index in [2.05, 4.69) is 20.1 Å². The molecule has 0 spiro atoms. The van der Waals surface area contributed by atoms with Crippen molar-refractivity contribution < 1.29 is 8.78 Å². The largest absolute Gasteiger partial charge is 0.371 e. The number of nitrogens with one attached hydrogen (secondary N) is 1. The first-order valence-electron chi connectivity index (χ1n) is 7.17. The Labute approximate surface area is 124 Å². The van der Waals surface area contributed by atoms with Gasteiger partial charge in [-0.05, 0) is 14.1 Å². The Morgan fingerprint density at radius 3 is 2.43 bits per heavy atom. The molecular formula is C14H23F2N5. The van der Waals surface area contributed by atoms with E-state index < -0.39 is 11.6 Å². The molecule has 1 aromatic heterocycles. The van der Waals surface area contributed by atoms with Crippen LogP contribution in [0.15, 0.2) is 6.07 Å². The van der Waals surface area contributed by atoms with E-state index in [9.17, 15) is 8.78 Å². The minimum absolute atomic E-state index is 0.0847. The highest BCUT2D eigenvalue weighted by atomic mass is 19.1. The molecule has 1 aliphatic heterocycles. The molecule has 0 atom stereocenters. The van der Waals surface area contributed by atoms with Crippen LogP contribution in [0, 0.1) is 11.6 Å². The molecule has 2 rings (SSSR count). The fourth-order valence-electron chi connectivity index (χ4n) is 2.38. The maximum atomic E-state index is 13.9. The first-order valence-corrected chi connectivity index (χ1v) is 7.17. The number of piperazine rings is 1. The number of likely N-dealkylation sites (N-methyl/N-ethyl adjacent to an activating group) is 1. The second-order valence-corrected chi connectivity index (χ2v) is 5.51. The van der Waals surface area contributed by atoms with Gasteiger partial charge in [-0.15, -0.1) is 0 Å². The summed E-state index contributed by atoms with van der Waals surface area (Å²) in [6.07, 6.45) is 0. The third-order valence-corrected chi connectivity index (χ3v) is 3.68. The van der Waals surface area contributed by atoms with E-state index in [1.807, 2.05) is 19.0 Å². The Bertz CT molecular complexity index is 473. The van der Waals surface area contributed by atoms with Crippen LogP contribution < -0.4 is 10.2 Å². The normalized spacial score (nSPS) is 16.6. The molecule has 0 unspecified atom stereocenters. The summed E-state index contributed by atoms with van der Waals surface area (Å²) in [6, 6.07) is 0.895. The second-order valence-electron chi connectivity index (χ2n) is 5.51. The van der Waals surface area contributed by atoms with Crippen molar-refractivity contribution in [3.8, 4) is 0 Å². The molecule has 1 fully saturated rings. The summed E-state index contributed by atoms with van der Waals surface area (Å²) < 4.78 is 27.3. The number of hydrogen-bond acceptors (Lipinski definition) is 5. The van der Waals surface area contributed by atoms with Crippen molar-refractivity contribution >= 4 is 11.6 Å². The SMILES string of the molecule is CNc1nc(N2CCN(CCN(C)C)CC2)c(F)cc1F. The molecule has 1 aliphatic rings. The molecule has 0 amide bonds. The van der Waals surface area contributed by atoms with Gasteiger partial charge in [-0.1, -0.05) is 0 Å². The lowest BCUT2D eigenvalue weighted by molar-refractivity contribution is 0.228. The fraction of sp³-hybridized carbons (Fsp3) is 0.643. The van der Waals surface area contributed by atoms with E-state index in [4.69, 9.17) is 0 Å². The monoisotopic (exact) mass is 299 g/mol. The Morgan fingerprint density at radius 1 is 1.19 bits per heavy atom. The molecule has 0 saturated carbocycles. The zero-order chi connectivity index (χ0) is 15.4. The Kier molecular flexibility index (Phi) is 5.30. The van der Waals surface area contributed by atoms with Gasteiger partial charge in [0.15, 0.2) is 23.3 Å². The van der Waals surface area contributed by atoms with E-state index in [-0.39, 0.29) is 11.6 Å². The summed E-state index contributed by atoms with van der Waals surface area (Å²) in [4.78, 5) is 10.4. The Balaban J connectivity index is 1.99. The second kappa shape index (κ2) is 7.00. The molecular weight excluding hydrogens is 276 g/mol. The van der Waals surface area contributed by atoms with Crippen LogP contribution in [0.5, 0.6) is 0 Å². The van der Waals surface area contributed by atoms with Crippen molar-refractivity contribution in [1.29, 1.82) is 0 Å². The third kappa shape index (κ3) is 4.01. The van der Waals surface area contributed by atoms with E-state index in [0.717, 1.165) is 32.2 Å². The molecule has 21 heavy (non-hydrogen) atoms. The van der Waals surface area contributed by atoms with Gasteiger partial charge in [-0.3, -0.25) is 4.90 Å². The minimum Gasteiger partial charge on any atom is -0.371 e. The smallest absolute Gasteiger partial charge is 0.168 e. The molecule has 0 aliphatic carbocycles. The lowest BCUT2D eigenvalue weighted by Gasteiger charge is -2.36. The topological polar surface area (TPSA) is 34.6 Å². The van der Waals surface area contributed by atoms with Gasteiger partial charge in [0, 0.05) is 52.4 Å². The van der Waals surface area contributed by atoms with E-state index in [1.165, 1.54) is 0 Å².